The normalized spacial score (nSPS) is 16.2. The summed E-state index contributed by atoms with van der Waals surface area (Å²) in [7, 11) is 0. The number of hydrogen-bond donors (Lipinski definition) is 2. The Kier molecular flexibility index (Phi) is 6.29. The van der Waals surface area contributed by atoms with E-state index in [4.69, 9.17) is 4.74 Å². The largest absolute Gasteiger partial charge is 0.372 e. The molecule has 1 fully saturated rings. The third-order valence-corrected chi connectivity index (χ3v) is 4.85. The van der Waals surface area contributed by atoms with Crippen LogP contribution >= 0.6 is 0 Å². The molecular formula is C21H28N4O2. The van der Waals surface area contributed by atoms with Gasteiger partial charge in [0.2, 0.25) is 0 Å². The first-order valence-electron chi connectivity index (χ1n) is 9.61. The van der Waals surface area contributed by atoms with Crippen LogP contribution in [0.25, 0.3) is 0 Å². The molecule has 0 aliphatic carbocycles. The van der Waals surface area contributed by atoms with E-state index in [1.54, 1.807) is 12.3 Å². The van der Waals surface area contributed by atoms with Gasteiger partial charge in [0, 0.05) is 31.1 Å². The Morgan fingerprint density at radius 1 is 1.26 bits per heavy atom. The van der Waals surface area contributed by atoms with Crippen molar-refractivity contribution in [3.8, 4) is 0 Å². The topological polar surface area (TPSA) is 66.5 Å². The summed E-state index contributed by atoms with van der Waals surface area (Å²) in [6.45, 7) is 9.06. The van der Waals surface area contributed by atoms with Gasteiger partial charge in [-0.05, 0) is 69.5 Å². The van der Waals surface area contributed by atoms with Gasteiger partial charge in [-0.1, -0.05) is 0 Å². The fourth-order valence-corrected chi connectivity index (χ4v) is 3.26. The summed E-state index contributed by atoms with van der Waals surface area (Å²) in [4.78, 5) is 18.7. The van der Waals surface area contributed by atoms with Crippen molar-refractivity contribution in [3.05, 3.63) is 42.1 Å². The van der Waals surface area contributed by atoms with Crippen molar-refractivity contribution in [1.29, 1.82) is 0 Å². The predicted octanol–water partition coefficient (Wildman–Crippen LogP) is 4.10. The van der Waals surface area contributed by atoms with Crippen LogP contribution in [-0.2, 0) is 9.53 Å². The predicted molar refractivity (Wildman–Crippen MR) is 110 cm³/mol. The second kappa shape index (κ2) is 8.86. The number of benzene rings is 1. The highest BCUT2D eigenvalue weighted by Crippen LogP contribution is 2.25. The van der Waals surface area contributed by atoms with Gasteiger partial charge in [-0.25, -0.2) is 4.98 Å². The fourth-order valence-electron chi connectivity index (χ4n) is 3.26. The Hall–Kier alpha value is -2.60. The molecule has 2 aromatic rings. The van der Waals surface area contributed by atoms with Crippen LogP contribution < -0.4 is 15.5 Å². The van der Waals surface area contributed by atoms with Gasteiger partial charge in [0.15, 0.2) is 0 Å². The summed E-state index contributed by atoms with van der Waals surface area (Å²) in [5, 5.41) is 6.20. The van der Waals surface area contributed by atoms with Gasteiger partial charge >= 0.3 is 0 Å². The van der Waals surface area contributed by atoms with Gasteiger partial charge in [0.1, 0.15) is 11.9 Å². The highest BCUT2D eigenvalue weighted by atomic mass is 16.5. The average Bonchev–Trinajstić information content (AvgIpc) is 3.21. The molecule has 144 valence electrons. The summed E-state index contributed by atoms with van der Waals surface area (Å²) in [6.07, 6.45) is 3.08. The zero-order valence-electron chi connectivity index (χ0n) is 16.3. The van der Waals surface area contributed by atoms with Gasteiger partial charge in [-0.3, -0.25) is 4.79 Å². The van der Waals surface area contributed by atoms with Crippen molar-refractivity contribution in [1.82, 2.24) is 4.98 Å². The molecule has 0 saturated carbocycles. The minimum atomic E-state index is -0.350. The molecule has 1 atom stereocenters. The Morgan fingerprint density at radius 2 is 2.07 bits per heavy atom. The zero-order valence-corrected chi connectivity index (χ0v) is 16.3. The van der Waals surface area contributed by atoms with E-state index in [0.29, 0.717) is 12.4 Å². The van der Waals surface area contributed by atoms with E-state index in [2.05, 4.69) is 59.5 Å². The van der Waals surface area contributed by atoms with Gasteiger partial charge in [-0.15, -0.1) is 0 Å². The highest BCUT2D eigenvalue weighted by molar-refractivity contribution is 5.93. The number of aromatic nitrogens is 1. The number of ether oxygens (including phenoxy) is 1. The molecule has 2 heterocycles. The molecule has 1 unspecified atom stereocenters. The van der Waals surface area contributed by atoms with E-state index in [9.17, 15) is 4.79 Å². The summed E-state index contributed by atoms with van der Waals surface area (Å²) in [6, 6.07) is 10.1. The molecule has 0 spiro atoms. The molecule has 1 aliphatic rings. The Balaban J connectivity index is 1.63. The van der Waals surface area contributed by atoms with Crippen molar-refractivity contribution in [2.75, 3.05) is 35.2 Å². The number of rotatable bonds is 7. The Labute approximate surface area is 160 Å². The first kappa shape index (κ1) is 19.2. The van der Waals surface area contributed by atoms with Crippen LogP contribution in [0.4, 0.5) is 22.9 Å². The van der Waals surface area contributed by atoms with Crippen LogP contribution in [0.15, 0.2) is 36.5 Å². The van der Waals surface area contributed by atoms with E-state index in [-0.39, 0.29) is 12.0 Å². The molecule has 1 aromatic carbocycles. The van der Waals surface area contributed by atoms with E-state index in [1.165, 1.54) is 11.3 Å². The lowest BCUT2D eigenvalue weighted by atomic mass is 10.1. The van der Waals surface area contributed by atoms with Gasteiger partial charge in [0.25, 0.3) is 5.91 Å². The lowest BCUT2D eigenvalue weighted by Gasteiger charge is -2.22. The molecule has 27 heavy (non-hydrogen) atoms. The van der Waals surface area contributed by atoms with Crippen LogP contribution in [0, 0.1) is 6.92 Å². The van der Waals surface area contributed by atoms with Gasteiger partial charge < -0.3 is 20.3 Å². The molecule has 1 aliphatic heterocycles. The van der Waals surface area contributed by atoms with E-state index < -0.39 is 0 Å². The highest BCUT2D eigenvalue weighted by Gasteiger charge is 2.23. The molecule has 0 radical (unpaired) electrons. The van der Waals surface area contributed by atoms with Crippen LogP contribution in [0.3, 0.4) is 0 Å². The molecule has 1 aromatic heterocycles. The SMILES string of the molecule is CCN(CC)c1ccc(Nc2ccc(NC(=O)C3CCCO3)nc2)c(C)c1. The molecule has 6 heteroatoms. The Morgan fingerprint density at radius 3 is 2.67 bits per heavy atom. The zero-order chi connectivity index (χ0) is 19.2. The standard InChI is InChI=1S/C21H28N4O2/c1-4-25(5-2)17-9-10-18(15(3)13-17)23-16-8-11-20(22-14-16)24-21(26)19-7-6-12-27-19/h8-11,13-14,19,23H,4-7,12H2,1-3H3,(H,22,24,26). The van der Waals surface area contributed by atoms with Crippen molar-refractivity contribution in [2.24, 2.45) is 0 Å². The minimum absolute atomic E-state index is 0.122. The number of carbonyl (C=O) groups is 1. The molecule has 2 N–H and O–H groups in total. The third-order valence-electron chi connectivity index (χ3n) is 4.85. The average molecular weight is 368 g/mol. The maximum atomic E-state index is 12.1. The molecular weight excluding hydrogens is 340 g/mol. The maximum Gasteiger partial charge on any atom is 0.254 e. The molecule has 3 rings (SSSR count). The van der Waals surface area contributed by atoms with Crippen molar-refractivity contribution in [3.63, 3.8) is 0 Å². The number of nitrogens with zero attached hydrogens (tertiary/aromatic N) is 2. The van der Waals surface area contributed by atoms with Crippen LogP contribution in [0.5, 0.6) is 0 Å². The van der Waals surface area contributed by atoms with Crippen molar-refractivity contribution in [2.45, 2.75) is 39.7 Å². The number of aryl methyl sites for hydroxylation is 1. The minimum Gasteiger partial charge on any atom is -0.372 e. The number of carbonyl (C=O) groups excluding carboxylic acids is 1. The Bertz CT molecular complexity index is 766. The van der Waals surface area contributed by atoms with E-state index in [0.717, 1.165) is 37.3 Å². The van der Waals surface area contributed by atoms with E-state index in [1.807, 2.05) is 6.07 Å². The van der Waals surface area contributed by atoms with Crippen LogP contribution in [-0.4, -0.2) is 36.7 Å². The monoisotopic (exact) mass is 368 g/mol. The van der Waals surface area contributed by atoms with Gasteiger partial charge in [0.05, 0.1) is 11.9 Å². The van der Waals surface area contributed by atoms with Crippen molar-refractivity contribution >= 4 is 28.8 Å². The van der Waals surface area contributed by atoms with Crippen molar-refractivity contribution < 1.29 is 9.53 Å². The second-order valence-corrected chi connectivity index (χ2v) is 6.72. The number of anilines is 4. The molecule has 1 amide bonds. The summed E-state index contributed by atoms with van der Waals surface area (Å²) >= 11 is 0. The fraction of sp³-hybridized carbons (Fsp3) is 0.429. The number of hydrogen-bond acceptors (Lipinski definition) is 5. The molecule has 0 bridgehead atoms. The quantitative estimate of drug-likeness (QED) is 0.770. The lowest BCUT2D eigenvalue weighted by molar-refractivity contribution is -0.124. The maximum absolute atomic E-state index is 12.1. The summed E-state index contributed by atoms with van der Waals surface area (Å²) < 4.78 is 5.39. The smallest absolute Gasteiger partial charge is 0.254 e. The number of amides is 1. The lowest BCUT2D eigenvalue weighted by Crippen LogP contribution is -2.27. The summed E-state index contributed by atoms with van der Waals surface area (Å²) in [5.74, 6) is 0.415. The number of pyridine rings is 1. The van der Waals surface area contributed by atoms with Gasteiger partial charge in [-0.2, -0.15) is 0 Å². The van der Waals surface area contributed by atoms with E-state index >= 15 is 0 Å². The van der Waals surface area contributed by atoms with Crippen LogP contribution in [0.2, 0.25) is 0 Å². The van der Waals surface area contributed by atoms with Crippen LogP contribution in [0.1, 0.15) is 32.3 Å². The first-order valence-corrected chi connectivity index (χ1v) is 9.61. The first-order chi connectivity index (χ1) is 13.1. The molecule has 6 nitrogen and oxygen atoms in total. The third kappa shape index (κ3) is 4.77. The summed E-state index contributed by atoms with van der Waals surface area (Å²) in [5.41, 5.74) is 4.33. The number of nitrogens with one attached hydrogen (secondary N) is 2. The molecule has 1 saturated heterocycles. The second-order valence-electron chi connectivity index (χ2n) is 6.72.